The van der Waals surface area contributed by atoms with Crippen molar-refractivity contribution in [2.45, 2.75) is 25.6 Å². The summed E-state index contributed by atoms with van der Waals surface area (Å²) in [5.74, 6) is -1.39. The Morgan fingerprint density at radius 3 is 2.64 bits per heavy atom. The van der Waals surface area contributed by atoms with Crippen molar-refractivity contribution in [1.82, 2.24) is 0 Å². The van der Waals surface area contributed by atoms with Gasteiger partial charge in [-0.25, -0.2) is 4.79 Å². The summed E-state index contributed by atoms with van der Waals surface area (Å²) in [5, 5.41) is 2.50. The highest BCUT2D eigenvalue weighted by molar-refractivity contribution is 6.03. The summed E-state index contributed by atoms with van der Waals surface area (Å²) >= 11 is 0. The zero-order valence-corrected chi connectivity index (χ0v) is 13.3. The quantitative estimate of drug-likeness (QED) is 0.861. The van der Waals surface area contributed by atoms with E-state index in [4.69, 9.17) is 4.74 Å². The fourth-order valence-electron chi connectivity index (χ4n) is 2.68. The molecule has 130 valence electrons. The van der Waals surface area contributed by atoms with Crippen LogP contribution in [-0.2, 0) is 16.0 Å². The van der Waals surface area contributed by atoms with E-state index in [1.807, 2.05) is 0 Å². The van der Waals surface area contributed by atoms with E-state index in [1.165, 1.54) is 25.1 Å². The number of hydrogen-bond acceptors (Lipinski definition) is 4. The molecule has 5 nitrogen and oxygen atoms in total. The molecule has 1 unspecified atom stereocenters. The first kappa shape index (κ1) is 16.9. The molecule has 0 aromatic heterocycles. The average Bonchev–Trinajstić information content (AvgIpc) is 2.56. The van der Waals surface area contributed by atoms with Crippen LogP contribution >= 0.6 is 0 Å². The Bertz CT molecular complexity index is 824. The van der Waals surface area contributed by atoms with E-state index >= 15 is 0 Å². The number of halogens is 2. The largest absolute Gasteiger partial charge is 0.445 e. The summed E-state index contributed by atoms with van der Waals surface area (Å²) in [5.41, 5.74) is -0.282. The highest BCUT2D eigenvalue weighted by Gasteiger charge is 2.42. The third kappa shape index (κ3) is 3.45. The number of alkyl halides is 2. The lowest BCUT2D eigenvalue weighted by Gasteiger charge is -2.33. The molecule has 0 radical (unpaired) electrons. The predicted molar refractivity (Wildman–Crippen MR) is 85.7 cm³/mol. The monoisotopic (exact) mass is 347 g/mol. The Morgan fingerprint density at radius 2 is 1.88 bits per heavy atom. The number of nitrogens with one attached hydrogen (secondary N) is 1. The molecule has 0 saturated heterocycles. The first-order valence-corrected chi connectivity index (χ1v) is 7.55. The molecule has 2 aromatic carbocycles. The van der Waals surface area contributed by atoms with Crippen molar-refractivity contribution in [3.63, 3.8) is 0 Å². The van der Waals surface area contributed by atoms with Crippen LogP contribution in [0.1, 0.15) is 22.8 Å². The molecule has 1 aliphatic rings. The third-order valence-corrected chi connectivity index (χ3v) is 3.91. The summed E-state index contributed by atoms with van der Waals surface area (Å²) in [6.07, 6.45) is 0.179. The summed E-state index contributed by atoms with van der Waals surface area (Å²) in [7, 11) is 0. The van der Waals surface area contributed by atoms with Crippen molar-refractivity contribution in [3.8, 4) is 5.75 Å². The predicted octanol–water partition coefficient (Wildman–Crippen LogP) is 3.40. The van der Waals surface area contributed by atoms with Gasteiger partial charge in [0.05, 0.1) is 11.3 Å². The van der Waals surface area contributed by atoms with Gasteiger partial charge in [-0.15, -0.1) is 0 Å². The fourth-order valence-corrected chi connectivity index (χ4v) is 2.68. The second-order valence-corrected chi connectivity index (χ2v) is 5.78. The number of cyclic esters (lactones) is 1. The lowest BCUT2D eigenvalue weighted by atomic mass is 9.89. The molecule has 1 atom stereocenters. The van der Waals surface area contributed by atoms with E-state index in [2.05, 4.69) is 10.1 Å². The van der Waals surface area contributed by atoms with Crippen molar-refractivity contribution in [3.05, 3.63) is 59.7 Å². The van der Waals surface area contributed by atoms with Gasteiger partial charge in [0.25, 0.3) is 5.91 Å². The van der Waals surface area contributed by atoms with E-state index in [-0.39, 0.29) is 17.9 Å². The minimum atomic E-state index is -3.02. The van der Waals surface area contributed by atoms with Crippen LogP contribution in [0.2, 0.25) is 0 Å². The molecule has 1 amide bonds. The number of para-hydroxylation sites is 2. The number of fused-ring (bicyclic) bond motifs is 1. The van der Waals surface area contributed by atoms with Crippen molar-refractivity contribution in [1.29, 1.82) is 0 Å². The Hall–Kier alpha value is -2.96. The molecule has 1 aliphatic heterocycles. The zero-order valence-electron chi connectivity index (χ0n) is 13.3. The molecule has 25 heavy (non-hydrogen) atoms. The van der Waals surface area contributed by atoms with Crippen LogP contribution in [0.15, 0.2) is 48.5 Å². The Kier molecular flexibility index (Phi) is 4.39. The lowest BCUT2D eigenvalue weighted by Crippen LogP contribution is -2.48. The number of carbonyl (C=O) groups excluding carboxylic acids is 2. The maximum absolute atomic E-state index is 12.7. The maximum atomic E-state index is 12.7. The third-order valence-electron chi connectivity index (χ3n) is 3.91. The Labute approximate surface area is 142 Å². The number of anilines is 1. The number of rotatable bonds is 4. The zero-order chi connectivity index (χ0) is 18.0. The first-order chi connectivity index (χ1) is 11.9. The van der Waals surface area contributed by atoms with Crippen LogP contribution in [0.5, 0.6) is 5.75 Å². The van der Waals surface area contributed by atoms with Gasteiger partial charge in [-0.1, -0.05) is 30.3 Å². The summed E-state index contributed by atoms with van der Waals surface area (Å²) < 4.78 is 34.7. The van der Waals surface area contributed by atoms with Crippen molar-refractivity contribution in [2.24, 2.45) is 0 Å². The van der Waals surface area contributed by atoms with Crippen LogP contribution in [0.3, 0.4) is 0 Å². The van der Waals surface area contributed by atoms with E-state index in [1.54, 1.807) is 30.3 Å². The van der Waals surface area contributed by atoms with Crippen LogP contribution < -0.4 is 10.1 Å². The van der Waals surface area contributed by atoms with E-state index in [0.717, 1.165) is 0 Å². The Balaban J connectivity index is 1.84. The molecule has 0 saturated carbocycles. The summed E-state index contributed by atoms with van der Waals surface area (Å²) in [6.45, 7) is -1.54. The van der Waals surface area contributed by atoms with Gasteiger partial charge in [0.1, 0.15) is 5.75 Å². The van der Waals surface area contributed by atoms with Crippen LogP contribution in [0, 0.1) is 0 Å². The van der Waals surface area contributed by atoms with Gasteiger partial charge in [-0.05, 0) is 30.7 Å². The van der Waals surface area contributed by atoms with Crippen molar-refractivity contribution >= 4 is 17.6 Å². The van der Waals surface area contributed by atoms with Crippen LogP contribution in [0.25, 0.3) is 0 Å². The van der Waals surface area contributed by atoms with Gasteiger partial charge in [0.2, 0.25) is 0 Å². The summed E-state index contributed by atoms with van der Waals surface area (Å²) in [6, 6.07) is 12.7. The maximum Gasteiger partial charge on any atom is 0.387 e. The van der Waals surface area contributed by atoms with Crippen molar-refractivity contribution in [2.75, 3.05) is 5.32 Å². The molecule has 0 aliphatic carbocycles. The van der Waals surface area contributed by atoms with Gasteiger partial charge < -0.3 is 14.8 Å². The van der Waals surface area contributed by atoms with Gasteiger partial charge in [-0.3, -0.25) is 4.79 Å². The van der Waals surface area contributed by atoms with Gasteiger partial charge in [0.15, 0.2) is 5.60 Å². The molecule has 0 spiro atoms. The van der Waals surface area contributed by atoms with Crippen molar-refractivity contribution < 1.29 is 27.8 Å². The first-order valence-electron chi connectivity index (χ1n) is 7.55. The minimum Gasteiger partial charge on any atom is -0.445 e. The number of esters is 1. The molecule has 2 aromatic rings. The second kappa shape index (κ2) is 6.51. The SMILES string of the molecule is CC1(C(=O)Nc2ccccc2OC(F)F)Cc2ccccc2C(=O)O1. The highest BCUT2D eigenvalue weighted by Crippen LogP contribution is 2.31. The molecular weight excluding hydrogens is 332 g/mol. The smallest absolute Gasteiger partial charge is 0.387 e. The molecule has 1 heterocycles. The average molecular weight is 347 g/mol. The molecule has 3 rings (SSSR count). The number of ether oxygens (including phenoxy) is 2. The lowest BCUT2D eigenvalue weighted by molar-refractivity contribution is -0.134. The van der Waals surface area contributed by atoms with E-state index in [0.29, 0.717) is 11.1 Å². The normalized spacial score (nSPS) is 19.1. The van der Waals surface area contributed by atoms with Gasteiger partial charge in [0, 0.05) is 6.42 Å². The molecular formula is C18H15F2NO4. The summed E-state index contributed by atoms with van der Waals surface area (Å²) in [4.78, 5) is 24.8. The molecule has 1 N–H and O–H groups in total. The number of hydrogen-bond donors (Lipinski definition) is 1. The minimum absolute atomic E-state index is 0.0731. The number of carbonyl (C=O) groups is 2. The Morgan fingerprint density at radius 1 is 1.20 bits per heavy atom. The van der Waals surface area contributed by atoms with Gasteiger partial charge >= 0.3 is 12.6 Å². The second-order valence-electron chi connectivity index (χ2n) is 5.78. The highest BCUT2D eigenvalue weighted by atomic mass is 19.3. The van der Waals surface area contributed by atoms with Crippen LogP contribution in [0.4, 0.5) is 14.5 Å². The molecule has 7 heteroatoms. The topological polar surface area (TPSA) is 64.6 Å². The molecule has 0 fully saturated rings. The fraction of sp³-hybridized carbons (Fsp3) is 0.222. The van der Waals surface area contributed by atoms with Gasteiger partial charge in [-0.2, -0.15) is 8.78 Å². The molecule has 0 bridgehead atoms. The van der Waals surface area contributed by atoms with E-state index < -0.39 is 24.1 Å². The number of benzene rings is 2. The standard InChI is InChI=1S/C18H15F2NO4/c1-18(10-11-6-2-3-7-12(11)15(22)25-18)16(23)21-13-8-4-5-9-14(13)24-17(19)20/h2-9,17H,10H2,1H3,(H,21,23). The van der Waals surface area contributed by atoms with Crippen LogP contribution in [-0.4, -0.2) is 24.1 Å². The number of amides is 1. The van der Waals surface area contributed by atoms with E-state index in [9.17, 15) is 18.4 Å².